The number of hydrogen-bond acceptors (Lipinski definition) is 6. The van der Waals surface area contributed by atoms with E-state index in [9.17, 15) is 4.79 Å². The van der Waals surface area contributed by atoms with Gasteiger partial charge in [-0.1, -0.05) is 30.3 Å². The van der Waals surface area contributed by atoms with Gasteiger partial charge in [0.05, 0.1) is 24.5 Å². The van der Waals surface area contributed by atoms with Crippen LogP contribution < -0.4 is 10.9 Å². The third-order valence-electron chi connectivity index (χ3n) is 4.60. The minimum atomic E-state index is -0.122. The lowest BCUT2D eigenvalue weighted by Gasteiger charge is -2.11. The summed E-state index contributed by atoms with van der Waals surface area (Å²) in [7, 11) is 0. The molecule has 1 unspecified atom stereocenters. The monoisotopic (exact) mass is 363 g/mol. The maximum absolute atomic E-state index is 12.1. The van der Waals surface area contributed by atoms with Crippen molar-refractivity contribution in [2.24, 2.45) is 0 Å². The van der Waals surface area contributed by atoms with Gasteiger partial charge in [0, 0.05) is 36.8 Å². The van der Waals surface area contributed by atoms with Crippen LogP contribution in [0.15, 0.2) is 59.7 Å². The second-order valence-electron chi connectivity index (χ2n) is 6.46. The highest BCUT2D eigenvalue weighted by Gasteiger charge is 2.19. The predicted octanol–water partition coefficient (Wildman–Crippen LogP) is 2.32. The van der Waals surface area contributed by atoms with Crippen molar-refractivity contribution in [3.8, 4) is 11.3 Å². The average molecular weight is 363 g/mol. The normalized spacial score (nSPS) is 16.4. The smallest absolute Gasteiger partial charge is 0.266 e. The van der Waals surface area contributed by atoms with Crippen molar-refractivity contribution in [3.05, 3.63) is 70.9 Å². The predicted molar refractivity (Wildman–Crippen MR) is 103 cm³/mol. The summed E-state index contributed by atoms with van der Waals surface area (Å²) in [5, 5.41) is 7.72. The van der Waals surface area contributed by atoms with Crippen LogP contribution in [-0.2, 0) is 11.3 Å². The number of rotatable bonds is 6. The summed E-state index contributed by atoms with van der Waals surface area (Å²) >= 11 is 0. The second-order valence-corrected chi connectivity index (χ2v) is 6.46. The van der Waals surface area contributed by atoms with E-state index in [1.54, 1.807) is 18.5 Å². The lowest BCUT2D eigenvalue weighted by atomic mass is 10.1. The molecule has 2 aromatic heterocycles. The van der Waals surface area contributed by atoms with Crippen molar-refractivity contribution in [1.82, 2.24) is 19.7 Å². The fourth-order valence-corrected chi connectivity index (χ4v) is 3.12. The Hall–Kier alpha value is -3.06. The Morgan fingerprint density at radius 1 is 1.15 bits per heavy atom. The molecule has 1 N–H and O–H groups in total. The molecule has 0 saturated carbocycles. The number of nitrogens with zero attached hydrogens (tertiary/aromatic N) is 4. The zero-order valence-corrected chi connectivity index (χ0v) is 14.9. The van der Waals surface area contributed by atoms with E-state index < -0.39 is 0 Å². The van der Waals surface area contributed by atoms with Gasteiger partial charge in [-0.15, -0.1) is 0 Å². The molecule has 1 fully saturated rings. The van der Waals surface area contributed by atoms with Gasteiger partial charge in [-0.25, -0.2) is 14.6 Å². The molecule has 1 aliphatic rings. The van der Waals surface area contributed by atoms with E-state index in [1.165, 1.54) is 4.68 Å². The molecular formula is C20H21N5O2. The second kappa shape index (κ2) is 8.09. The van der Waals surface area contributed by atoms with Crippen LogP contribution in [0.1, 0.15) is 18.0 Å². The Kier molecular flexibility index (Phi) is 5.20. The molecule has 0 bridgehead atoms. The van der Waals surface area contributed by atoms with Crippen LogP contribution in [0.25, 0.3) is 11.3 Å². The van der Waals surface area contributed by atoms with Crippen molar-refractivity contribution in [2.75, 3.05) is 25.1 Å². The molecule has 3 heterocycles. The minimum absolute atomic E-state index is 0.122. The summed E-state index contributed by atoms with van der Waals surface area (Å²) in [6, 6.07) is 15.1. The number of hydrogen-bond donors (Lipinski definition) is 1. The van der Waals surface area contributed by atoms with Crippen LogP contribution in [0.4, 0.5) is 5.82 Å². The van der Waals surface area contributed by atoms with Gasteiger partial charge < -0.3 is 10.1 Å². The van der Waals surface area contributed by atoms with Gasteiger partial charge in [0.25, 0.3) is 5.56 Å². The molecule has 0 aliphatic carbocycles. The number of benzene rings is 1. The van der Waals surface area contributed by atoms with E-state index in [4.69, 9.17) is 4.74 Å². The molecule has 1 saturated heterocycles. The summed E-state index contributed by atoms with van der Waals surface area (Å²) in [5.41, 5.74) is 2.63. The number of nitrogens with one attached hydrogen (secondary N) is 1. The van der Waals surface area contributed by atoms with Gasteiger partial charge in [-0.2, -0.15) is 5.10 Å². The number of ether oxygens (including phenoxy) is 1. The van der Waals surface area contributed by atoms with Crippen molar-refractivity contribution >= 4 is 5.82 Å². The molecule has 1 atom stereocenters. The SMILES string of the molecule is O=c1ccc(-c2ccccc2)nn1CCNc1cc(C2CCOC2)ncn1. The van der Waals surface area contributed by atoms with E-state index in [2.05, 4.69) is 20.4 Å². The summed E-state index contributed by atoms with van der Waals surface area (Å²) in [6.07, 6.45) is 2.55. The zero-order chi connectivity index (χ0) is 18.5. The minimum Gasteiger partial charge on any atom is -0.381 e. The van der Waals surface area contributed by atoms with Crippen molar-refractivity contribution in [2.45, 2.75) is 18.9 Å². The first-order chi connectivity index (χ1) is 13.3. The first-order valence-corrected chi connectivity index (χ1v) is 9.07. The molecule has 4 rings (SSSR count). The molecule has 7 nitrogen and oxygen atoms in total. The molecule has 7 heteroatoms. The average Bonchev–Trinajstić information content (AvgIpc) is 3.25. The van der Waals surface area contributed by atoms with E-state index in [0.717, 1.165) is 35.8 Å². The molecule has 0 spiro atoms. The lowest BCUT2D eigenvalue weighted by molar-refractivity contribution is 0.193. The van der Waals surface area contributed by atoms with E-state index in [0.29, 0.717) is 25.6 Å². The molecule has 3 aromatic rings. The van der Waals surface area contributed by atoms with E-state index >= 15 is 0 Å². The van der Waals surface area contributed by atoms with Crippen LogP contribution in [0, 0.1) is 0 Å². The third kappa shape index (κ3) is 4.20. The van der Waals surface area contributed by atoms with Gasteiger partial charge in [0.15, 0.2) is 0 Å². The summed E-state index contributed by atoms with van der Waals surface area (Å²) < 4.78 is 6.90. The van der Waals surface area contributed by atoms with Gasteiger partial charge in [0.1, 0.15) is 12.1 Å². The molecule has 138 valence electrons. The summed E-state index contributed by atoms with van der Waals surface area (Å²) in [6.45, 7) is 2.49. The molecular weight excluding hydrogens is 342 g/mol. The quantitative estimate of drug-likeness (QED) is 0.724. The summed E-state index contributed by atoms with van der Waals surface area (Å²) in [5.74, 6) is 1.08. The lowest BCUT2D eigenvalue weighted by Crippen LogP contribution is -2.26. The molecule has 0 radical (unpaired) electrons. The molecule has 0 amide bonds. The Bertz CT molecular complexity index is 952. The highest BCUT2D eigenvalue weighted by molar-refractivity contribution is 5.57. The fraction of sp³-hybridized carbons (Fsp3) is 0.300. The number of aromatic nitrogens is 4. The Morgan fingerprint density at radius 3 is 2.85 bits per heavy atom. The van der Waals surface area contributed by atoms with E-state index in [-0.39, 0.29) is 5.56 Å². The largest absolute Gasteiger partial charge is 0.381 e. The van der Waals surface area contributed by atoms with Crippen molar-refractivity contribution < 1.29 is 4.74 Å². The maximum Gasteiger partial charge on any atom is 0.266 e. The van der Waals surface area contributed by atoms with Crippen LogP contribution in [0.5, 0.6) is 0 Å². The van der Waals surface area contributed by atoms with E-state index in [1.807, 2.05) is 36.4 Å². The zero-order valence-electron chi connectivity index (χ0n) is 14.9. The molecule has 1 aromatic carbocycles. The van der Waals surface area contributed by atoms with Gasteiger partial charge in [0.2, 0.25) is 0 Å². The Labute approximate surface area is 157 Å². The fourth-order valence-electron chi connectivity index (χ4n) is 3.12. The van der Waals surface area contributed by atoms with Crippen molar-refractivity contribution in [1.29, 1.82) is 0 Å². The van der Waals surface area contributed by atoms with Crippen LogP contribution in [0.2, 0.25) is 0 Å². The maximum atomic E-state index is 12.1. The molecule has 1 aliphatic heterocycles. The summed E-state index contributed by atoms with van der Waals surface area (Å²) in [4.78, 5) is 20.7. The van der Waals surface area contributed by atoms with Gasteiger partial charge >= 0.3 is 0 Å². The first-order valence-electron chi connectivity index (χ1n) is 9.07. The Balaban J connectivity index is 1.42. The highest BCUT2D eigenvalue weighted by Crippen LogP contribution is 2.24. The van der Waals surface area contributed by atoms with Gasteiger partial charge in [-0.3, -0.25) is 4.79 Å². The van der Waals surface area contributed by atoms with Crippen LogP contribution in [-0.4, -0.2) is 39.5 Å². The standard InChI is InChI=1S/C20H21N5O2/c26-20-7-6-17(15-4-2-1-3-5-15)24-25(20)10-9-21-19-12-18(22-14-23-19)16-8-11-27-13-16/h1-7,12,14,16H,8-11,13H2,(H,21,22,23). The van der Waals surface area contributed by atoms with Crippen LogP contribution in [0.3, 0.4) is 0 Å². The third-order valence-corrected chi connectivity index (χ3v) is 4.60. The van der Waals surface area contributed by atoms with Crippen LogP contribution >= 0.6 is 0 Å². The highest BCUT2D eigenvalue weighted by atomic mass is 16.5. The topological polar surface area (TPSA) is 81.9 Å². The first kappa shape index (κ1) is 17.4. The Morgan fingerprint density at radius 2 is 2.04 bits per heavy atom. The van der Waals surface area contributed by atoms with Crippen molar-refractivity contribution in [3.63, 3.8) is 0 Å². The van der Waals surface area contributed by atoms with Gasteiger partial charge in [-0.05, 0) is 12.5 Å². The molecule has 27 heavy (non-hydrogen) atoms. The number of anilines is 1.